The highest BCUT2D eigenvalue weighted by Crippen LogP contribution is 2.30. The molecule has 1 aromatic heterocycles. The Hall–Kier alpha value is -1.92. The van der Waals surface area contributed by atoms with E-state index >= 15 is 0 Å². The molecule has 0 spiro atoms. The van der Waals surface area contributed by atoms with Crippen molar-refractivity contribution >= 4 is 0 Å². The third-order valence-electron chi connectivity index (χ3n) is 5.93. The van der Waals surface area contributed by atoms with Gasteiger partial charge >= 0.3 is 0 Å². The van der Waals surface area contributed by atoms with E-state index in [1.165, 1.54) is 31.9 Å². The molecule has 6 heteroatoms. The maximum atomic E-state index is 14.2. The Labute approximate surface area is 160 Å². The van der Waals surface area contributed by atoms with Crippen molar-refractivity contribution in [2.45, 2.75) is 51.7 Å². The van der Waals surface area contributed by atoms with Crippen molar-refractivity contribution in [2.75, 3.05) is 26.7 Å². The number of piperidine rings is 1. The molecule has 0 amide bonds. The fourth-order valence-corrected chi connectivity index (χ4v) is 4.24. The van der Waals surface area contributed by atoms with Crippen LogP contribution in [0, 0.1) is 12.7 Å². The first-order valence-electron chi connectivity index (χ1n) is 9.83. The number of hydrogen-bond donors (Lipinski definition) is 0. The van der Waals surface area contributed by atoms with Gasteiger partial charge in [-0.05, 0) is 51.4 Å². The average molecular weight is 373 g/mol. The van der Waals surface area contributed by atoms with Crippen LogP contribution in [0.4, 0.5) is 4.39 Å². The van der Waals surface area contributed by atoms with Gasteiger partial charge in [0.1, 0.15) is 17.3 Å². The van der Waals surface area contributed by atoms with E-state index in [0.717, 1.165) is 31.1 Å². The third-order valence-corrected chi connectivity index (χ3v) is 5.93. The molecule has 5 nitrogen and oxygen atoms in total. The Kier molecular flexibility index (Phi) is 5.19. The molecule has 2 aromatic rings. The van der Waals surface area contributed by atoms with Crippen molar-refractivity contribution in [3.05, 3.63) is 35.5 Å². The Balaban J connectivity index is 1.42. The maximum Gasteiger partial charge on any atom is 0.229 e. The minimum absolute atomic E-state index is 0.320. The van der Waals surface area contributed by atoms with Crippen LogP contribution in [0.2, 0.25) is 0 Å². The number of halogens is 1. The number of ether oxygens (including phenoxy) is 1. The summed E-state index contributed by atoms with van der Waals surface area (Å²) in [5.74, 6) is 1.30. The van der Waals surface area contributed by atoms with Crippen molar-refractivity contribution < 1.29 is 13.5 Å². The van der Waals surface area contributed by atoms with E-state index in [-0.39, 0.29) is 5.82 Å². The highest BCUT2D eigenvalue weighted by Gasteiger charge is 2.35. The summed E-state index contributed by atoms with van der Waals surface area (Å²) in [6, 6.07) is 5.96. The summed E-state index contributed by atoms with van der Waals surface area (Å²) in [6.07, 6.45) is 3.99. The van der Waals surface area contributed by atoms with Crippen molar-refractivity contribution in [1.29, 1.82) is 0 Å². The lowest BCUT2D eigenvalue weighted by Crippen LogP contribution is -2.61. The summed E-state index contributed by atoms with van der Waals surface area (Å²) in [7, 11) is 1.56. The molecule has 0 aliphatic carbocycles. The lowest BCUT2D eigenvalue weighted by atomic mass is 9.97. The zero-order chi connectivity index (χ0) is 19.0. The van der Waals surface area contributed by atoms with Crippen LogP contribution in [0.5, 0.6) is 5.75 Å². The van der Waals surface area contributed by atoms with E-state index in [2.05, 4.69) is 21.7 Å². The summed E-state index contributed by atoms with van der Waals surface area (Å²) in [6.45, 7) is 8.35. The molecule has 1 atom stereocenters. The Morgan fingerprint density at radius 2 is 2.11 bits per heavy atom. The van der Waals surface area contributed by atoms with Gasteiger partial charge in [-0.2, -0.15) is 0 Å². The number of oxazole rings is 1. The first-order chi connectivity index (χ1) is 13.0. The van der Waals surface area contributed by atoms with E-state index in [1.54, 1.807) is 19.2 Å². The Morgan fingerprint density at radius 3 is 2.85 bits per heavy atom. The summed E-state index contributed by atoms with van der Waals surface area (Å²) >= 11 is 0. The van der Waals surface area contributed by atoms with Crippen LogP contribution in [0.15, 0.2) is 22.6 Å². The van der Waals surface area contributed by atoms with Crippen LogP contribution in [0.25, 0.3) is 11.5 Å². The highest BCUT2D eigenvalue weighted by atomic mass is 19.1. The van der Waals surface area contributed by atoms with Gasteiger partial charge in [-0.15, -0.1) is 0 Å². The van der Waals surface area contributed by atoms with Crippen molar-refractivity contribution in [3.8, 4) is 17.2 Å². The van der Waals surface area contributed by atoms with Gasteiger partial charge in [0.05, 0.1) is 18.4 Å². The molecule has 2 aliphatic rings. The second-order valence-electron chi connectivity index (χ2n) is 7.80. The van der Waals surface area contributed by atoms with Crippen LogP contribution >= 0.6 is 0 Å². The van der Waals surface area contributed by atoms with Crippen molar-refractivity contribution in [2.24, 2.45) is 0 Å². The van der Waals surface area contributed by atoms with E-state index < -0.39 is 0 Å². The van der Waals surface area contributed by atoms with Gasteiger partial charge in [0.15, 0.2) is 0 Å². The standard InChI is InChI=1S/C21H28FN3O2/c1-14-6-4-5-9-25(14)16-11-24(12-16)13-20-15(2)27-21(23-20)18-10-17(26-3)7-8-19(18)22/h7-8,10,14,16H,4-6,9,11-13H2,1-3H3/t14-/m1/s1. The fraction of sp³-hybridized carbons (Fsp3) is 0.571. The molecular formula is C21H28FN3O2. The van der Waals surface area contributed by atoms with Crippen LogP contribution in [0.1, 0.15) is 37.6 Å². The molecule has 2 fully saturated rings. The lowest BCUT2D eigenvalue weighted by Gasteiger charge is -2.49. The number of hydrogen-bond acceptors (Lipinski definition) is 5. The molecule has 146 valence electrons. The predicted octanol–water partition coefficient (Wildman–Crippen LogP) is 3.86. The highest BCUT2D eigenvalue weighted by molar-refractivity contribution is 5.57. The van der Waals surface area contributed by atoms with E-state index in [0.29, 0.717) is 29.3 Å². The van der Waals surface area contributed by atoms with Crippen LogP contribution in [0.3, 0.4) is 0 Å². The van der Waals surface area contributed by atoms with E-state index in [9.17, 15) is 4.39 Å². The van der Waals surface area contributed by atoms with Crippen LogP contribution in [-0.4, -0.2) is 53.6 Å². The van der Waals surface area contributed by atoms with Crippen LogP contribution < -0.4 is 4.74 Å². The monoisotopic (exact) mass is 373 g/mol. The average Bonchev–Trinajstić information content (AvgIpc) is 2.99. The number of nitrogens with zero attached hydrogens (tertiary/aromatic N) is 3. The molecule has 27 heavy (non-hydrogen) atoms. The molecule has 2 aliphatic heterocycles. The summed E-state index contributed by atoms with van der Waals surface area (Å²) in [5, 5.41) is 0. The predicted molar refractivity (Wildman–Crippen MR) is 102 cm³/mol. The van der Waals surface area contributed by atoms with Gasteiger partial charge in [-0.1, -0.05) is 6.42 Å². The minimum atomic E-state index is -0.355. The number of likely N-dealkylation sites (tertiary alicyclic amines) is 2. The number of aromatic nitrogens is 1. The molecule has 0 saturated carbocycles. The zero-order valence-corrected chi connectivity index (χ0v) is 16.4. The van der Waals surface area contributed by atoms with Gasteiger partial charge in [-0.3, -0.25) is 9.80 Å². The Morgan fingerprint density at radius 1 is 1.30 bits per heavy atom. The van der Waals surface area contributed by atoms with Crippen molar-refractivity contribution in [3.63, 3.8) is 0 Å². The quantitative estimate of drug-likeness (QED) is 0.796. The SMILES string of the molecule is COc1ccc(F)c(-c2nc(CN3CC(N4CCCC[C@H]4C)C3)c(C)o2)c1. The number of benzene rings is 1. The first-order valence-corrected chi connectivity index (χ1v) is 9.83. The second kappa shape index (κ2) is 7.60. The van der Waals surface area contributed by atoms with Gasteiger partial charge < -0.3 is 9.15 Å². The van der Waals surface area contributed by atoms with Crippen LogP contribution in [-0.2, 0) is 6.54 Å². The number of methoxy groups -OCH3 is 1. The molecule has 0 unspecified atom stereocenters. The topological polar surface area (TPSA) is 41.7 Å². The minimum Gasteiger partial charge on any atom is -0.497 e. The van der Waals surface area contributed by atoms with E-state index in [4.69, 9.17) is 9.15 Å². The summed E-state index contributed by atoms with van der Waals surface area (Å²) in [5.41, 5.74) is 1.23. The number of rotatable bonds is 5. The molecule has 0 radical (unpaired) electrons. The molecule has 2 saturated heterocycles. The molecule has 0 bridgehead atoms. The van der Waals surface area contributed by atoms with Gasteiger partial charge in [-0.25, -0.2) is 9.37 Å². The summed E-state index contributed by atoms with van der Waals surface area (Å²) < 4.78 is 25.2. The molecule has 0 N–H and O–H groups in total. The Bertz CT molecular complexity index is 801. The molecule has 3 heterocycles. The van der Waals surface area contributed by atoms with Gasteiger partial charge in [0, 0.05) is 31.7 Å². The third kappa shape index (κ3) is 3.73. The number of aryl methyl sites for hydroxylation is 1. The first kappa shape index (κ1) is 18.4. The smallest absolute Gasteiger partial charge is 0.229 e. The maximum absolute atomic E-state index is 14.2. The van der Waals surface area contributed by atoms with Gasteiger partial charge in [0.2, 0.25) is 5.89 Å². The zero-order valence-electron chi connectivity index (χ0n) is 16.4. The van der Waals surface area contributed by atoms with Crippen molar-refractivity contribution in [1.82, 2.24) is 14.8 Å². The second-order valence-corrected chi connectivity index (χ2v) is 7.80. The summed E-state index contributed by atoms with van der Waals surface area (Å²) in [4.78, 5) is 9.62. The van der Waals surface area contributed by atoms with Gasteiger partial charge in [0.25, 0.3) is 0 Å². The largest absolute Gasteiger partial charge is 0.497 e. The van der Waals surface area contributed by atoms with E-state index in [1.807, 2.05) is 6.92 Å². The normalized spacial score (nSPS) is 22.0. The molecular weight excluding hydrogens is 345 g/mol. The lowest BCUT2D eigenvalue weighted by molar-refractivity contribution is -0.00685. The molecule has 1 aromatic carbocycles. The molecule has 4 rings (SSSR count). The fourth-order valence-electron chi connectivity index (χ4n) is 4.24.